The second-order valence-corrected chi connectivity index (χ2v) is 5.58. The van der Waals surface area contributed by atoms with Crippen LogP contribution in [0.3, 0.4) is 0 Å². The van der Waals surface area contributed by atoms with Crippen LogP contribution in [0.4, 0.5) is 0 Å². The summed E-state index contributed by atoms with van der Waals surface area (Å²) in [7, 11) is 0. The van der Waals surface area contributed by atoms with E-state index in [0.29, 0.717) is 22.8 Å². The van der Waals surface area contributed by atoms with Gasteiger partial charge in [-0.2, -0.15) is 5.10 Å². The molecule has 6 nitrogen and oxygen atoms in total. The summed E-state index contributed by atoms with van der Waals surface area (Å²) in [5.74, 6) is 0.850. The smallest absolute Gasteiger partial charge is 0.271 e. The van der Waals surface area contributed by atoms with E-state index in [0.717, 1.165) is 11.1 Å². The van der Waals surface area contributed by atoms with Crippen LogP contribution in [0.25, 0.3) is 0 Å². The molecule has 3 aromatic rings. The monoisotopic (exact) mass is 345 g/mol. The second kappa shape index (κ2) is 7.06. The molecule has 0 aliphatic carbocycles. The molecule has 1 aliphatic rings. The van der Waals surface area contributed by atoms with Crippen molar-refractivity contribution in [2.24, 2.45) is 5.10 Å². The average Bonchev–Trinajstić information content (AvgIpc) is 3.17. The van der Waals surface area contributed by atoms with E-state index in [9.17, 15) is 4.79 Å². The fourth-order valence-electron chi connectivity index (χ4n) is 2.60. The van der Waals surface area contributed by atoms with E-state index in [1.165, 1.54) is 0 Å². The molecule has 0 spiro atoms. The number of amides is 1. The summed E-state index contributed by atoms with van der Waals surface area (Å²) in [6.45, 7) is 0.164. The van der Waals surface area contributed by atoms with Crippen molar-refractivity contribution in [3.63, 3.8) is 0 Å². The second-order valence-electron chi connectivity index (χ2n) is 5.58. The largest absolute Gasteiger partial charge is 0.454 e. The molecule has 1 N–H and O–H groups in total. The third-order valence-electron chi connectivity index (χ3n) is 3.89. The zero-order valence-corrected chi connectivity index (χ0v) is 13.8. The van der Waals surface area contributed by atoms with Crippen molar-refractivity contribution >= 4 is 11.6 Å². The molecule has 0 fully saturated rings. The van der Waals surface area contributed by atoms with E-state index in [1.54, 1.807) is 30.6 Å². The standard InChI is InChI=1S/C20H15N3O3/c24-20(15-8-9-17-18(11-15)26-13-25-17)23-22-19(14-5-2-1-3-6-14)16-7-4-10-21-12-16/h1-12H,13H2,(H,23,24). The number of hydrogen-bond donors (Lipinski definition) is 1. The van der Waals surface area contributed by atoms with Gasteiger partial charge in [0.1, 0.15) is 0 Å². The predicted molar refractivity (Wildman–Crippen MR) is 96.3 cm³/mol. The zero-order chi connectivity index (χ0) is 17.8. The summed E-state index contributed by atoms with van der Waals surface area (Å²) >= 11 is 0. The van der Waals surface area contributed by atoms with E-state index in [2.05, 4.69) is 15.5 Å². The molecular formula is C20H15N3O3. The molecule has 0 saturated heterocycles. The third-order valence-corrected chi connectivity index (χ3v) is 3.89. The number of carbonyl (C=O) groups is 1. The molecule has 1 amide bonds. The lowest BCUT2D eigenvalue weighted by Crippen LogP contribution is -2.20. The summed E-state index contributed by atoms with van der Waals surface area (Å²) in [4.78, 5) is 16.6. The van der Waals surface area contributed by atoms with Crippen LogP contribution in [0.15, 0.2) is 78.2 Å². The maximum absolute atomic E-state index is 12.5. The van der Waals surface area contributed by atoms with Gasteiger partial charge in [0, 0.05) is 29.1 Å². The summed E-state index contributed by atoms with van der Waals surface area (Å²) in [6, 6.07) is 18.4. The molecule has 1 aromatic heterocycles. The van der Waals surface area contributed by atoms with Crippen LogP contribution in [0.2, 0.25) is 0 Å². The molecule has 0 bridgehead atoms. The molecule has 128 valence electrons. The van der Waals surface area contributed by atoms with Crippen LogP contribution in [-0.4, -0.2) is 23.4 Å². The molecule has 2 heterocycles. The van der Waals surface area contributed by atoms with E-state index in [4.69, 9.17) is 9.47 Å². The van der Waals surface area contributed by atoms with Crippen molar-refractivity contribution in [1.29, 1.82) is 0 Å². The van der Waals surface area contributed by atoms with Crippen molar-refractivity contribution in [3.8, 4) is 11.5 Å². The number of ether oxygens (including phenoxy) is 2. The van der Waals surface area contributed by atoms with Gasteiger partial charge in [0.2, 0.25) is 6.79 Å². The highest BCUT2D eigenvalue weighted by molar-refractivity contribution is 6.13. The van der Waals surface area contributed by atoms with Crippen LogP contribution in [0.1, 0.15) is 21.5 Å². The topological polar surface area (TPSA) is 72.8 Å². The molecule has 26 heavy (non-hydrogen) atoms. The number of nitrogens with zero attached hydrogens (tertiary/aromatic N) is 2. The minimum absolute atomic E-state index is 0.164. The van der Waals surface area contributed by atoms with Gasteiger partial charge < -0.3 is 9.47 Å². The number of hydrazone groups is 1. The van der Waals surface area contributed by atoms with Crippen LogP contribution >= 0.6 is 0 Å². The normalized spacial score (nSPS) is 12.7. The molecule has 0 atom stereocenters. The summed E-state index contributed by atoms with van der Waals surface area (Å²) in [6.07, 6.45) is 3.40. The van der Waals surface area contributed by atoms with Crippen LogP contribution in [0, 0.1) is 0 Å². The number of aromatic nitrogens is 1. The van der Waals surface area contributed by atoms with Crippen molar-refractivity contribution in [3.05, 3.63) is 89.7 Å². The third kappa shape index (κ3) is 3.25. The van der Waals surface area contributed by atoms with Gasteiger partial charge in [0.25, 0.3) is 5.91 Å². The lowest BCUT2D eigenvalue weighted by molar-refractivity contribution is 0.0954. The highest BCUT2D eigenvalue weighted by Crippen LogP contribution is 2.32. The number of benzene rings is 2. The van der Waals surface area contributed by atoms with Crippen LogP contribution in [0.5, 0.6) is 11.5 Å². The Morgan fingerprint density at radius 1 is 0.923 bits per heavy atom. The fourth-order valence-corrected chi connectivity index (χ4v) is 2.60. The first-order chi connectivity index (χ1) is 12.8. The van der Waals surface area contributed by atoms with Crippen molar-refractivity contribution in [2.75, 3.05) is 6.79 Å². The van der Waals surface area contributed by atoms with E-state index in [1.807, 2.05) is 42.5 Å². The number of fused-ring (bicyclic) bond motifs is 1. The number of pyridine rings is 1. The maximum atomic E-state index is 12.5. The van der Waals surface area contributed by atoms with Gasteiger partial charge in [0.05, 0.1) is 5.71 Å². The van der Waals surface area contributed by atoms with Crippen molar-refractivity contribution < 1.29 is 14.3 Å². The molecular weight excluding hydrogens is 330 g/mol. The minimum Gasteiger partial charge on any atom is -0.454 e. The number of rotatable bonds is 4. The molecule has 4 rings (SSSR count). The number of carbonyl (C=O) groups excluding carboxylic acids is 1. The van der Waals surface area contributed by atoms with Gasteiger partial charge in [-0.1, -0.05) is 30.3 Å². The van der Waals surface area contributed by atoms with Gasteiger partial charge in [-0.25, -0.2) is 5.43 Å². The molecule has 0 radical (unpaired) electrons. The van der Waals surface area contributed by atoms with Crippen molar-refractivity contribution in [1.82, 2.24) is 10.4 Å². The number of nitrogens with one attached hydrogen (secondary N) is 1. The highest BCUT2D eigenvalue weighted by Gasteiger charge is 2.16. The predicted octanol–water partition coefficient (Wildman–Crippen LogP) is 2.99. The Balaban J connectivity index is 1.62. The van der Waals surface area contributed by atoms with Crippen molar-refractivity contribution in [2.45, 2.75) is 0 Å². The molecule has 0 saturated carbocycles. The Hall–Kier alpha value is -3.67. The molecule has 6 heteroatoms. The lowest BCUT2D eigenvalue weighted by atomic mass is 10.0. The first-order valence-corrected chi connectivity index (χ1v) is 8.05. The van der Waals surface area contributed by atoms with Gasteiger partial charge in [-0.15, -0.1) is 0 Å². The first-order valence-electron chi connectivity index (χ1n) is 8.05. The first kappa shape index (κ1) is 15.8. The van der Waals surface area contributed by atoms with Gasteiger partial charge >= 0.3 is 0 Å². The van der Waals surface area contributed by atoms with E-state index >= 15 is 0 Å². The summed E-state index contributed by atoms with van der Waals surface area (Å²) < 4.78 is 10.6. The lowest BCUT2D eigenvalue weighted by Gasteiger charge is -2.08. The fraction of sp³-hybridized carbons (Fsp3) is 0.0500. The van der Waals surface area contributed by atoms with E-state index < -0.39 is 0 Å². The Morgan fingerprint density at radius 3 is 2.54 bits per heavy atom. The minimum atomic E-state index is -0.333. The molecule has 2 aromatic carbocycles. The van der Waals surface area contributed by atoms with Gasteiger partial charge in [0.15, 0.2) is 11.5 Å². The summed E-state index contributed by atoms with van der Waals surface area (Å²) in [5, 5.41) is 4.34. The number of hydrogen-bond acceptors (Lipinski definition) is 5. The highest BCUT2D eigenvalue weighted by atomic mass is 16.7. The van der Waals surface area contributed by atoms with Crippen LogP contribution in [-0.2, 0) is 0 Å². The quantitative estimate of drug-likeness (QED) is 0.583. The van der Waals surface area contributed by atoms with Gasteiger partial charge in [-0.3, -0.25) is 9.78 Å². The van der Waals surface area contributed by atoms with Gasteiger partial charge in [-0.05, 0) is 30.3 Å². The Labute approximate surface area is 150 Å². The average molecular weight is 345 g/mol. The Kier molecular flexibility index (Phi) is 4.30. The molecule has 0 unspecified atom stereocenters. The van der Waals surface area contributed by atoms with Crippen LogP contribution < -0.4 is 14.9 Å². The zero-order valence-electron chi connectivity index (χ0n) is 13.8. The Morgan fingerprint density at radius 2 is 1.73 bits per heavy atom. The summed E-state index contributed by atoms with van der Waals surface area (Å²) in [5.41, 5.74) is 5.38. The van der Waals surface area contributed by atoms with E-state index in [-0.39, 0.29) is 12.7 Å². The maximum Gasteiger partial charge on any atom is 0.271 e. The Bertz CT molecular complexity index is 915. The SMILES string of the molecule is O=C(NN=C(c1ccccc1)c1cccnc1)c1ccc2c(c1)OCO2. The molecule has 1 aliphatic heterocycles.